The van der Waals surface area contributed by atoms with Gasteiger partial charge >= 0.3 is 5.91 Å². The fraction of sp³-hybridized carbons (Fsp3) is 0.391. The fourth-order valence-corrected chi connectivity index (χ4v) is 5.94. The molecule has 9 nitrogen and oxygen atoms in total. The zero-order chi connectivity index (χ0) is 23.0. The molecule has 0 radical (unpaired) electrons. The monoisotopic (exact) mass is 470 g/mol. The molecule has 0 atom stereocenters. The van der Waals surface area contributed by atoms with Crippen LogP contribution in [-0.4, -0.2) is 88.5 Å². The smallest absolute Gasteiger partial charge is 0.300 e. The molecule has 0 saturated carbocycles. The van der Waals surface area contributed by atoms with Gasteiger partial charge in [0.15, 0.2) is 0 Å². The molecule has 0 aromatic heterocycles. The van der Waals surface area contributed by atoms with Crippen LogP contribution >= 0.6 is 0 Å². The summed E-state index contributed by atoms with van der Waals surface area (Å²) < 4.78 is 32.5. The normalized spacial score (nSPS) is 20.4. The molecule has 2 aromatic rings. The highest BCUT2D eigenvalue weighted by molar-refractivity contribution is 7.89. The molecule has 174 valence electrons. The Hall–Kier alpha value is -2.79. The topological polar surface area (TPSA) is 90.5 Å². The summed E-state index contributed by atoms with van der Waals surface area (Å²) >= 11 is 0. The van der Waals surface area contributed by atoms with Crippen molar-refractivity contribution in [1.29, 1.82) is 0 Å². The number of carbonyl (C=O) groups is 2. The average Bonchev–Trinajstić information content (AvgIpc) is 3.10. The average molecular weight is 471 g/mol. The first-order valence-electron chi connectivity index (χ1n) is 11.1. The maximum absolute atomic E-state index is 13.0. The SMILES string of the molecule is O=C1C(=O)N(CN2CCN(c3ccccc3)CC2)c2ccc(S(=O)(=O)N3CCOCC3)cc21. The van der Waals surface area contributed by atoms with E-state index in [9.17, 15) is 18.0 Å². The van der Waals surface area contributed by atoms with Gasteiger partial charge in [-0.1, -0.05) is 18.2 Å². The van der Waals surface area contributed by atoms with Crippen molar-refractivity contribution >= 4 is 33.1 Å². The van der Waals surface area contributed by atoms with Gasteiger partial charge in [-0.15, -0.1) is 0 Å². The number of hydrogen-bond acceptors (Lipinski definition) is 7. The number of morpholine rings is 1. The number of benzene rings is 2. The Balaban J connectivity index is 1.30. The van der Waals surface area contributed by atoms with Gasteiger partial charge in [0, 0.05) is 45.0 Å². The summed E-state index contributed by atoms with van der Waals surface area (Å²) in [5, 5.41) is 0. The van der Waals surface area contributed by atoms with Gasteiger partial charge in [0.1, 0.15) is 0 Å². The lowest BCUT2D eigenvalue weighted by atomic mass is 10.1. The molecule has 0 aliphatic carbocycles. The van der Waals surface area contributed by atoms with Crippen LogP contribution in [0.15, 0.2) is 53.4 Å². The lowest BCUT2D eigenvalue weighted by Gasteiger charge is -2.37. The molecular formula is C23H26N4O5S. The number of nitrogens with zero attached hydrogens (tertiary/aromatic N) is 4. The van der Waals surface area contributed by atoms with E-state index in [0.29, 0.717) is 25.6 Å². The van der Waals surface area contributed by atoms with Crippen molar-refractivity contribution in [3.63, 3.8) is 0 Å². The maximum atomic E-state index is 13.0. The van der Waals surface area contributed by atoms with Gasteiger partial charge in [-0.25, -0.2) is 8.42 Å². The van der Waals surface area contributed by atoms with Crippen LogP contribution < -0.4 is 9.80 Å². The van der Waals surface area contributed by atoms with Crippen LogP contribution in [0.1, 0.15) is 10.4 Å². The van der Waals surface area contributed by atoms with Gasteiger partial charge in [0.05, 0.1) is 36.0 Å². The Morgan fingerprint density at radius 2 is 1.55 bits per heavy atom. The molecule has 0 bridgehead atoms. The molecule has 2 fully saturated rings. The Morgan fingerprint density at radius 1 is 0.848 bits per heavy atom. The zero-order valence-electron chi connectivity index (χ0n) is 18.2. The minimum atomic E-state index is -3.75. The van der Waals surface area contributed by atoms with Gasteiger partial charge in [-0.3, -0.25) is 19.4 Å². The molecule has 1 amide bonds. The quantitative estimate of drug-likeness (QED) is 0.603. The number of para-hydroxylation sites is 1. The molecule has 0 unspecified atom stereocenters. The lowest BCUT2D eigenvalue weighted by molar-refractivity contribution is -0.114. The predicted molar refractivity (Wildman–Crippen MR) is 123 cm³/mol. The van der Waals surface area contributed by atoms with Crippen molar-refractivity contribution in [2.75, 3.05) is 69.0 Å². The number of anilines is 2. The summed E-state index contributed by atoms with van der Waals surface area (Å²) in [5.74, 6) is -1.27. The van der Waals surface area contributed by atoms with Crippen molar-refractivity contribution in [2.45, 2.75) is 4.90 Å². The number of rotatable bonds is 5. The van der Waals surface area contributed by atoms with Gasteiger partial charge in [-0.05, 0) is 30.3 Å². The standard InChI is InChI=1S/C23H26N4O5S/c28-22-20-16-19(33(30,31)26-12-14-32-15-13-26)6-7-21(20)27(23(22)29)17-24-8-10-25(11-9-24)18-4-2-1-3-5-18/h1-7,16H,8-15,17H2. The summed E-state index contributed by atoms with van der Waals surface area (Å²) in [6.07, 6.45) is 0. The van der Waals surface area contributed by atoms with E-state index in [0.717, 1.165) is 26.2 Å². The van der Waals surface area contributed by atoms with Crippen LogP contribution in [0.3, 0.4) is 0 Å². The lowest BCUT2D eigenvalue weighted by Crippen LogP contribution is -2.51. The van der Waals surface area contributed by atoms with E-state index in [1.165, 1.54) is 27.0 Å². The number of amides is 1. The molecule has 33 heavy (non-hydrogen) atoms. The second kappa shape index (κ2) is 8.86. The number of ketones is 1. The largest absolute Gasteiger partial charge is 0.379 e. The first kappa shape index (κ1) is 22.0. The Bertz CT molecular complexity index is 1160. The van der Waals surface area contributed by atoms with Gasteiger partial charge < -0.3 is 9.64 Å². The summed E-state index contributed by atoms with van der Waals surface area (Å²) in [5.41, 5.74) is 1.79. The summed E-state index contributed by atoms with van der Waals surface area (Å²) in [6, 6.07) is 14.6. The number of piperazine rings is 1. The summed E-state index contributed by atoms with van der Waals surface area (Å²) in [7, 11) is -3.75. The third kappa shape index (κ3) is 4.15. The molecule has 3 heterocycles. The van der Waals surface area contributed by atoms with Crippen molar-refractivity contribution < 1.29 is 22.7 Å². The number of sulfonamides is 1. The molecule has 10 heteroatoms. The van der Waals surface area contributed by atoms with Gasteiger partial charge in [-0.2, -0.15) is 4.31 Å². The highest BCUT2D eigenvalue weighted by atomic mass is 32.2. The van der Waals surface area contributed by atoms with Crippen molar-refractivity contribution in [2.24, 2.45) is 0 Å². The zero-order valence-corrected chi connectivity index (χ0v) is 19.0. The molecule has 5 rings (SSSR count). The van der Waals surface area contributed by atoms with E-state index in [1.807, 2.05) is 18.2 Å². The van der Waals surface area contributed by atoms with E-state index in [4.69, 9.17) is 4.74 Å². The van der Waals surface area contributed by atoms with Crippen LogP contribution in [0.25, 0.3) is 0 Å². The number of ether oxygens (including phenoxy) is 1. The molecule has 0 spiro atoms. The predicted octanol–water partition coefficient (Wildman–Crippen LogP) is 1.02. The molecule has 2 aromatic carbocycles. The molecule has 0 N–H and O–H groups in total. The van der Waals surface area contributed by atoms with Crippen LogP contribution in [0.2, 0.25) is 0 Å². The number of Topliss-reactive ketones (excluding diaryl/α,β-unsaturated/α-hetero) is 1. The number of fused-ring (bicyclic) bond motifs is 1. The summed E-state index contributed by atoms with van der Waals surface area (Å²) in [4.78, 5) is 31.4. The van der Waals surface area contributed by atoms with Gasteiger partial charge in [0.2, 0.25) is 10.0 Å². The second-order valence-electron chi connectivity index (χ2n) is 8.34. The van der Waals surface area contributed by atoms with Crippen molar-refractivity contribution in [3.8, 4) is 0 Å². The van der Waals surface area contributed by atoms with Gasteiger partial charge in [0.25, 0.3) is 5.78 Å². The maximum Gasteiger partial charge on any atom is 0.300 e. The van der Waals surface area contributed by atoms with E-state index in [2.05, 4.69) is 21.9 Å². The van der Waals surface area contributed by atoms with E-state index < -0.39 is 21.7 Å². The highest BCUT2D eigenvalue weighted by Gasteiger charge is 2.38. The first-order chi connectivity index (χ1) is 15.9. The third-order valence-corrected chi connectivity index (χ3v) is 8.28. The van der Waals surface area contributed by atoms with Crippen molar-refractivity contribution in [3.05, 3.63) is 54.1 Å². The Kier molecular flexibility index (Phi) is 5.92. The molecule has 3 aliphatic heterocycles. The molecular weight excluding hydrogens is 444 g/mol. The minimum Gasteiger partial charge on any atom is -0.379 e. The third-order valence-electron chi connectivity index (χ3n) is 6.39. The van der Waals surface area contributed by atoms with E-state index >= 15 is 0 Å². The Labute approximate surface area is 193 Å². The molecule has 3 aliphatic rings. The van der Waals surface area contributed by atoms with Crippen LogP contribution in [-0.2, 0) is 19.6 Å². The first-order valence-corrected chi connectivity index (χ1v) is 12.5. The van der Waals surface area contributed by atoms with E-state index in [1.54, 1.807) is 6.07 Å². The van der Waals surface area contributed by atoms with Crippen molar-refractivity contribution in [1.82, 2.24) is 9.21 Å². The number of hydrogen-bond donors (Lipinski definition) is 0. The highest BCUT2D eigenvalue weighted by Crippen LogP contribution is 2.32. The van der Waals surface area contributed by atoms with Crippen LogP contribution in [0, 0.1) is 0 Å². The number of carbonyl (C=O) groups excluding carboxylic acids is 2. The van der Waals surface area contributed by atoms with Crippen LogP contribution in [0.5, 0.6) is 0 Å². The minimum absolute atomic E-state index is 0.0302. The fourth-order valence-electron chi connectivity index (χ4n) is 4.50. The van der Waals surface area contributed by atoms with Crippen LogP contribution in [0.4, 0.5) is 11.4 Å². The van der Waals surface area contributed by atoms with E-state index in [-0.39, 0.29) is 23.5 Å². The Morgan fingerprint density at radius 3 is 2.24 bits per heavy atom. The summed E-state index contributed by atoms with van der Waals surface area (Å²) in [6.45, 7) is 4.68. The second-order valence-corrected chi connectivity index (χ2v) is 10.3. The molecule has 2 saturated heterocycles.